The molecule has 0 aliphatic carbocycles. The minimum absolute atomic E-state index is 0.136. The molecule has 0 unspecified atom stereocenters. The summed E-state index contributed by atoms with van der Waals surface area (Å²) in [7, 11) is 0. The van der Waals surface area contributed by atoms with Crippen molar-refractivity contribution in [1.82, 2.24) is 4.05 Å². The monoisotopic (exact) mass is 204 g/mol. The lowest BCUT2D eigenvalue weighted by Crippen LogP contribution is -1.87. The standard InChI is InChI=1S/C7H6Cl2N2O/c8-11(9)10-5-6-3-1-2-4-7(6)12/h1-5,12H. The molecule has 0 saturated carbocycles. The van der Waals surface area contributed by atoms with Crippen LogP contribution in [0.4, 0.5) is 0 Å². The Hall–Kier alpha value is -0.930. The van der Waals surface area contributed by atoms with Gasteiger partial charge in [-0.3, -0.25) is 0 Å². The van der Waals surface area contributed by atoms with Crippen LogP contribution in [-0.4, -0.2) is 15.4 Å². The molecular weight excluding hydrogens is 199 g/mol. The van der Waals surface area contributed by atoms with Crippen LogP contribution < -0.4 is 0 Å². The zero-order valence-electron chi connectivity index (χ0n) is 5.98. The van der Waals surface area contributed by atoms with E-state index < -0.39 is 0 Å². The molecule has 0 spiro atoms. The molecule has 0 aromatic heterocycles. The first kappa shape index (κ1) is 9.16. The molecule has 0 atom stereocenters. The van der Waals surface area contributed by atoms with Crippen LogP contribution in [0.5, 0.6) is 5.75 Å². The predicted octanol–water partition coefficient (Wildman–Crippen LogP) is 2.34. The van der Waals surface area contributed by atoms with Gasteiger partial charge in [-0.05, 0) is 12.1 Å². The molecule has 0 bridgehead atoms. The first-order chi connectivity index (χ1) is 5.70. The summed E-state index contributed by atoms with van der Waals surface area (Å²) in [4.78, 5) is 0. The molecule has 0 saturated heterocycles. The summed E-state index contributed by atoms with van der Waals surface area (Å²) in [5, 5.41) is 12.8. The maximum Gasteiger partial charge on any atom is 0.124 e. The van der Waals surface area contributed by atoms with Crippen LogP contribution in [-0.2, 0) is 0 Å². The minimum Gasteiger partial charge on any atom is -0.507 e. The molecule has 1 N–H and O–H groups in total. The van der Waals surface area contributed by atoms with Crippen LogP contribution in [0.25, 0.3) is 0 Å². The largest absolute Gasteiger partial charge is 0.507 e. The van der Waals surface area contributed by atoms with E-state index in [1.807, 2.05) is 0 Å². The summed E-state index contributed by atoms with van der Waals surface area (Å²) in [5.41, 5.74) is 0.559. The van der Waals surface area contributed by atoms with Crippen LogP contribution in [0.1, 0.15) is 5.56 Å². The maximum atomic E-state index is 9.23. The molecule has 3 nitrogen and oxygen atoms in total. The molecular formula is C7H6Cl2N2O. The van der Waals surface area contributed by atoms with Crippen LogP contribution in [0.15, 0.2) is 29.4 Å². The predicted molar refractivity (Wildman–Crippen MR) is 49.2 cm³/mol. The van der Waals surface area contributed by atoms with Crippen molar-refractivity contribution in [2.75, 3.05) is 0 Å². The topological polar surface area (TPSA) is 35.8 Å². The summed E-state index contributed by atoms with van der Waals surface area (Å²) < 4.78 is 0.618. The number of nitrogens with zero attached hydrogens (tertiary/aromatic N) is 2. The third-order valence-corrected chi connectivity index (χ3v) is 1.40. The Morgan fingerprint density at radius 1 is 1.33 bits per heavy atom. The first-order valence-corrected chi connectivity index (χ1v) is 3.81. The highest BCUT2D eigenvalue weighted by Crippen LogP contribution is 2.13. The van der Waals surface area contributed by atoms with E-state index in [9.17, 15) is 5.11 Å². The molecule has 1 aromatic rings. The second-order valence-corrected chi connectivity index (χ2v) is 2.83. The highest BCUT2D eigenvalue weighted by atomic mass is 35.5. The van der Waals surface area contributed by atoms with E-state index in [-0.39, 0.29) is 5.75 Å². The molecule has 0 heterocycles. The smallest absolute Gasteiger partial charge is 0.124 e. The van der Waals surface area contributed by atoms with E-state index >= 15 is 0 Å². The summed E-state index contributed by atoms with van der Waals surface area (Å²) in [5.74, 6) is 0.136. The average molecular weight is 205 g/mol. The third kappa shape index (κ3) is 2.60. The van der Waals surface area contributed by atoms with Gasteiger partial charge in [-0.1, -0.05) is 12.1 Å². The number of benzene rings is 1. The summed E-state index contributed by atoms with van der Waals surface area (Å²) >= 11 is 10.4. The van der Waals surface area contributed by atoms with Gasteiger partial charge in [0.05, 0.1) is 29.8 Å². The molecule has 0 aliphatic heterocycles. The van der Waals surface area contributed by atoms with Crippen molar-refractivity contribution in [3.8, 4) is 5.75 Å². The Morgan fingerprint density at radius 3 is 2.58 bits per heavy atom. The Bertz CT molecular complexity index is 288. The third-order valence-electron chi connectivity index (χ3n) is 1.22. The van der Waals surface area contributed by atoms with Gasteiger partial charge in [-0.2, -0.15) is 5.10 Å². The van der Waals surface area contributed by atoms with Crippen molar-refractivity contribution < 1.29 is 5.11 Å². The molecule has 0 amide bonds. The number of para-hydroxylation sites is 1. The van der Waals surface area contributed by atoms with Crippen molar-refractivity contribution in [3.05, 3.63) is 29.8 Å². The van der Waals surface area contributed by atoms with Crippen LogP contribution in [0, 0.1) is 0 Å². The normalized spacial score (nSPS) is 10.5. The van der Waals surface area contributed by atoms with E-state index in [1.54, 1.807) is 24.3 Å². The number of phenols is 1. The van der Waals surface area contributed by atoms with Gasteiger partial charge in [-0.25, -0.2) is 0 Å². The van der Waals surface area contributed by atoms with E-state index in [4.69, 9.17) is 23.6 Å². The Balaban J connectivity index is 2.82. The molecule has 0 fully saturated rings. The Morgan fingerprint density at radius 2 is 2.00 bits per heavy atom. The van der Waals surface area contributed by atoms with Gasteiger partial charge >= 0.3 is 0 Å². The van der Waals surface area contributed by atoms with Crippen LogP contribution in [0.2, 0.25) is 0 Å². The van der Waals surface area contributed by atoms with Gasteiger partial charge in [0.15, 0.2) is 0 Å². The van der Waals surface area contributed by atoms with Gasteiger partial charge in [0.25, 0.3) is 0 Å². The van der Waals surface area contributed by atoms with Gasteiger partial charge in [-0.15, -0.1) is 4.05 Å². The van der Waals surface area contributed by atoms with E-state index in [0.717, 1.165) is 0 Å². The van der Waals surface area contributed by atoms with Crippen LogP contribution >= 0.6 is 23.6 Å². The number of aromatic hydroxyl groups is 1. The zero-order valence-corrected chi connectivity index (χ0v) is 7.50. The van der Waals surface area contributed by atoms with Crippen molar-refractivity contribution in [2.45, 2.75) is 0 Å². The number of halogens is 2. The number of hydrazone groups is 1. The summed E-state index contributed by atoms with van der Waals surface area (Å²) in [6.07, 6.45) is 1.36. The van der Waals surface area contributed by atoms with E-state index in [1.165, 1.54) is 6.21 Å². The van der Waals surface area contributed by atoms with Crippen molar-refractivity contribution >= 4 is 29.8 Å². The molecule has 12 heavy (non-hydrogen) atoms. The number of hydrogen-bond donors (Lipinski definition) is 1. The second-order valence-electron chi connectivity index (χ2n) is 2.02. The highest BCUT2D eigenvalue weighted by Gasteiger charge is 1.94. The van der Waals surface area contributed by atoms with Crippen molar-refractivity contribution in [1.29, 1.82) is 0 Å². The Labute approximate surface area is 80.0 Å². The molecule has 0 radical (unpaired) electrons. The van der Waals surface area contributed by atoms with Crippen molar-refractivity contribution in [2.24, 2.45) is 5.10 Å². The summed E-state index contributed by atoms with van der Waals surface area (Å²) in [6, 6.07) is 6.73. The van der Waals surface area contributed by atoms with Gasteiger partial charge < -0.3 is 5.11 Å². The minimum atomic E-state index is 0.136. The molecule has 5 heteroatoms. The number of phenolic OH excluding ortho intramolecular Hbond substituents is 1. The fraction of sp³-hybridized carbons (Fsp3) is 0. The lowest BCUT2D eigenvalue weighted by atomic mass is 10.2. The number of rotatable bonds is 2. The number of hydrogen-bond acceptors (Lipinski definition) is 3. The maximum absolute atomic E-state index is 9.23. The fourth-order valence-electron chi connectivity index (χ4n) is 0.703. The second kappa shape index (κ2) is 4.18. The summed E-state index contributed by atoms with van der Waals surface area (Å²) in [6.45, 7) is 0. The average Bonchev–Trinajstić information content (AvgIpc) is 2.03. The molecule has 1 rings (SSSR count). The SMILES string of the molecule is Oc1ccccc1C=NN(Cl)Cl. The van der Waals surface area contributed by atoms with E-state index in [2.05, 4.69) is 5.10 Å². The fourth-order valence-corrected chi connectivity index (χ4v) is 0.790. The Kier molecular flexibility index (Phi) is 3.19. The molecule has 64 valence electrons. The first-order valence-electron chi connectivity index (χ1n) is 3.14. The van der Waals surface area contributed by atoms with Gasteiger partial charge in [0.1, 0.15) is 5.75 Å². The zero-order chi connectivity index (χ0) is 8.97. The lowest BCUT2D eigenvalue weighted by Gasteiger charge is -1.97. The lowest BCUT2D eigenvalue weighted by molar-refractivity contribution is 0.474. The highest BCUT2D eigenvalue weighted by molar-refractivity contribution is 6.33. The van der Waals surface area contributed by atoms with E-state index in [0.29, 0.717) is 9.61 Å². The van der Waals surface area contributed by atoms with Gasteiger partial charge in [0.2, 0.25) is 0 Å². The molecule has 0 aliphatic rings. The van der Waals surface area contributed by atoms with Crippen molar-refractivity contribution in [3.63, 3.8) is 0 Å². The van der Waals surface area contributed by atoms with Gasteiger partial charge in [0, 0.05) is 5.56 Å². The van der Waals surface area contributed by atoms with Crippen LogP contribution in [0.3, 0.4) is 0 Å². The molecule has 1 aromatic carbocycles. The quantitative estimate of drug-likeness (QED) is 0.457.